The molecule has 7 nitrogen and oxygen atoms in total. The molecule has 7 heteroatoms. The second-order valence-electron chi connectivity index (χ2n) is 5.21. The van der Waals surface area contributed by atoms with E-state index in [2.05, 4.69) is 20.2 Å². The molecule has 3 rings (SSSR count). The molecule has 2 aromatic heterocycles. The third kappa shape index (κ3) is 3.08. The van der Waals surface area contributed by atoms with Gasteiger partial charge in [0.15, 0.2) is 0 Å². The quantitative estimate of drug-likeness (QED) is 0.890. The molecule has 21 heavy (non-hydrogen) atoms. The first-order valence-electron chi connectivity index (χ1n) is 6.97. The molecule has 0 aliphatic carbocycles. The lowest BCUT2D eigenvalue weighted by atomic mass is 10.1. The minimum absolute atomic E-state index is 0.0548. The van der Waals surface area contributed by atoms with Gasteiger partial charge in [-0.15, -0.1) is 0 Å². The summed E-state index contributed by atoms with van der Waals surface area (Å²) in [4.78, 5) is 23.7. The zero-order valence-corrected chi connectivity index (χ0v) is 12.0. The first-order valence-corrected chi connectivity index (χ1v) is 6.97. The molecule has 2 aromatic rings. The number of hydrogen-bond acceptors (Lipinski definition) is 4. The minimum atomic E-state index is -0.0548. The number of carbonyl (C=O) groups is 1. The third-order valence-corrected chi connectivity index (χ3v) is 3.79. The molecule has 0 spiro atoms. The first kappa shape index (κ1) is 13.7. The van der Waals surface area contributed by atoms with E-state index in [1.165, 1.54) is 0 Å². The molecule has 1 aliphatic rings. The number of amides is 2. The molecule has 1 atom stereocenters. The lowest BCUT2D eigenvalue weighted by Crippen LogP contribution is -2.52. The summed E-state index contributed by atoms with van der Waals surface area (Å²) in [7, 11) is 2.05. The van der Waals surface area contributed by atoms with Gasteiger partial charge in [0.2, 0.25) is 0 Å². The molecule has 2 amide bonds. The molecule has 3 heterocycles. The maximum Gasteiger partial charge on any atom is 0.317 e. The highest BCUT2D eigenvalue weighted by Crippen LogP contribution is 2.20. The van der Waals surface area contributed by atoms with E-state index >= 15 is 0 Å². The Morgan fingerprint density at radius 1 is 1.57 bits per heavy atom. The van der Waals surface area contributed by atoms with Crippen molar-refractivity contribution < 1.29 is 9.21 Å². The Morgan fingerprint density at radius 3 is 3.19 bits per heavy atom. The molecule has 1 aliphatic heterocycles. The summed E-state index contributed by atoms with van der Waals surface area (Å²) in [5, 5.41) is 2.91. The monoisotopic (exact) mass is 289 g/mol. The number of piperazine rings is 1. The SMILES string of the molecule is CN1CCN(C(=O)NCc2ccoc2)C[C@@H]1c1ncc[nH]1. The molecule has 112 valence electrons. The number of nitrogens with one attached hydrogen (secondary N) is 2. The number of imidazole rings is 1. The number of furan rings is 1. The summed E-state index contributed by atoms with van der Waals surface area (Å²) in [5.41, 5.74) is 0.958. The van der Waals surface area contributed by atoms with Gasteiger partial charge in [0.1, 0.15) is 5.82 Å². The number of likely N-dealkylation sites (N-methyl/N-ethyl adjacent to an activating group) is 1. The van der Waals surface area contributed by atoms with Gasteiger partial charge in [-0.05, 0) is 13.1 Å². The molecular formula is C14H19N5O2. The Bertz CT molecular complexity index is 566. The average molecular weight is 289 g/mol. The van der Waals surface area contributed by atoms with E-state index in [1.54, 1.807) is 24.9 Å². The highest BCUT2D eigenvalue weighted by Gasteiger charge is 2.29. The predicted molar refractivity (Wildman–Crippen MR) is 76.5 cm³/mol. The first-order chi connectivity index (χ1) is 10.2. The van der Waals surface area contributed by atoms with Crippen LogP contribution in [0, 0.1) is 0 Å². The number of aromatic nitrogens is 2. The van der Waals surface area contributed by atoms with Crippen LogP contribution in [0.3, 0.4) is 0 Å². The number of H-pyrrole nitrogens is 1. The Hall–Kier alpha value is -2.28. The number of hydrogen-bond donors (Lipinski definition) is 2. The summed E-state index contributed by atoms with van der Waals surface area (Å²) in [6.07, 6.45) is 6.78. The van der Waals surface area contributed by atoms with Crippen LogP contribution in [0.5, 0.6) is 0 Å². The minimum Gasteiger partial charge on any atom is -0.472 e. The van der Waals surface area contributed by atoms with Gasteiger partial charge in [0.05, 0.1) is 18.6 Å². The van der Waals surface area contributed by atoms with Crippen LogP contribution in [-0.2, 0) is 6.54 Å². The Labute approximate surface area is 122 Å². The number of nitrogens with zero attached hydrogens (tertiary/aromatic N) is 3. The van der Waals surface area contributed by atoms with Gasteiger partial charge in [-0.1, -0.05) is 0 Å². The van der Waals surface area contributed by atoms with E-state index in [-0.39, 0.29) is 12.1 Å². The van der Waals surface area contributed by atoms with Crippen molar-refractivity contribution in [3.8, 4) is 0 Å². The normalized spacial score (nSPS) is 19.7. The zero-order valence-electron chi connectivity index (χ0n) is 12.0. The number of urea groups is 1. The smallest absolute Gasteiger partial charge is 0.317 e. The summed E-state index contributed by atoms with van der Waals surface area (Å²) in [5.74, 6) is 0.893. The second-order valence-corrected chi connectivity index (χ2v) is 5.21. The maximum absolute atomic E-state index is 12.3. The van der Waals surface area contributed by atoms with Crippen LogP contribution >= 0.6 is 0 Å². The van der Waals surface area contributed by atoms with Crippen molar-refractivity contribution in [1.82, 2.24) is 25.1 Å². The van der Waals surface area contributed by atoms with Gasteiger partial charge in [-0.25, -0.2) is 9.78 Å². The topological polar surface area (TPSA) is 77.4 Å². The molecule has 2 N–H and O–H groups in total. The molecule has 0 unspecified atom stereocenters. The van der Waals surface area contributed by atoms with Gasteiger partial charge in [0, 0.05) is 44.1 Å². The number of carbonyl (C=O) groups excluding carboxylic acids is 1. The summed E-state index contributed by atoms with van der Waals surface area (Å²) in [6.45, 7) is 2.64. The van der Waals surface area contributed by atoms with Crippen molar-refractivity contribution in [1.29, 1.82) is 0 Å². The zero-order chi connectivity index (χ0) is 14.7. The summed E-state index contributed by atoms with van der Waals surface area (Å²) >= 11 is 0. The Kier molecular flexibility index (Phi) is 3.92. The van der Waals surface area contributed by atoms with E-state index in [1.807, 2.05) is 18.0 Å². The summed E-state index contributed by atoms with van der Waals surface area (Å²) in [6, 6.07) is 1.89. The number of rotatable bonds is 3. The van der Waals surface area contributed by atoms with Crippen LogP contribution < -0.4 is 5.32 Å². The van der Waals surface area contributed by atoms with Crippen LogP contribution in [0.4, 0.5) is 4.79 Å². The van der Waals surface area contributed by atoms with E-state index < -0.39 is 0 Å². The molecule has 0 aromatic carbocycles. The third-order valence-electron chi connectivity index (χ3n) is 3.79. The van der Waals surface area contributed by atoms with Crippen molar-refractivity contribution in [2.45, 2.75) is 12.6 Å². The lowest BCUT2D eigenvalue weighted by molar-refractivity contribution is 0.106. The van der Waals surface area contributed by atoms with Gasteiger partial charge in [-0.3, -0.25) is 4.90 Å². The highest BCUT2D eigenvalue weighted by molar-refractivity contribution is 5.74. The van der Waals surface area contributed by atoms with Gasteiger partial charge in [0.25, 0.3) is 0 Å². The molecule has 0 saturated carbocycles. The van der Waals surface area contributed by atoms with Crippen LogP contribution in [-0.4, -0.2) is 52.5 Å². The second kappa shape index (κ2) is 6.01. The maximum atomic E-state index is 12.3. The van der Waals surface area contributed by atoms with Crippen molar-refractivity contribution in [2.24, 2.45) is 0 Å². The molecule has 0 bridgehead atoms. The number of aromatic amines is 1. The van der Waals surface area contributed by atoms with E-state index in [0.717, 1.165) is 17.9 Å². The van der Waals surface area contributed by atoms with Gasteiger partial charge in [-0.2, -0.15) is 0 Å². The predicted octanol–water partition coefficient (Wildman–Crippen LogP) is 1.20. The highest BCUT2D eigenvalue weighted by atomic mass is 16.3. The molecular weight excluding hydrogens is 270 g/mol. The standard InChI is InChI=1S/C14H19N5O2/c1-18-5-6-19(9-12(18)13-15-3-4-16-13)14(20)17-8-11-2-7-21-10-11/h2-4,7,10,12H,5-6,8-9H2,1H3,(H,15,16)(H,17,20)/t12-/m1/s1. The van der Waals surface area contributed by atoms with Gasteiger partial charge < -0.3 is 19.6 Å². The summed E-state index contributed by atoms with van der Waals surface area (Å²) < 4.78 is 4.99. The lowest BCUT2D eigenvalue weighted by Gasteiger charge is -2.38. The molecule has 1 fully saturated rings. The van der Waals surface area contributed by atoms with Crippen molar-refractivity contribution in [3.05, 3.63) is 42.4 Å². The largest absolute Gasteiger partial charge is 0.472 e. The van der Waals surface area contributed by atoms with E-state index in [4.69, 9.17) is 4.42 Å². The molecule has 1 saturated heterocycles. The average Bonchev–Trinajstić information content (AvgIpc) is 3.18. The van der Waals surface area contributed by atoms with Gasteiger partial charge >= 0.3 is 6.03 Å². The fourth-order valence-electron chi connectivity index (χ4n) is 2.50. The van der Waals surface area contributed by atoms with Crippen LogP contribution in [0.2, 0.25) is 0 Å². The fourth-order valence-corrected chi connectivity index (χ4v) is 2.50. The van der Waals surface area contributed by atoms with Crippen molar-refractivity contribution in [2.75, 3.05) is 26.7 Å². The Balaban J connectivity index is 1.59. The molecule has 0 radical (unpaired) electrons. The van der Waals surface area contributed by atoms with Crippen LogP contribution in [0.15, 0.2) is 35.4 Å². The Morgan fingerprint density at radius 2 is 2.48 bits per heavy atom. The van der Waals surface area contributed by atoms with Crippen molar-refractivity contribution >= 4 is 6.03 Å². The van der Waals surface area contributed by atoms with E-state index in [9.17, 15) is 4.79 Å². The van der Waals surface area contributed by atoms with Crippen LogP contribution in [0.25, 0.3) is 0 Å². The fraction of sp³-hybridized carbons (Fsp3) is 0.429. The van der Waals surface area contributed by atoms with Crippen LogP contribution in [0.1, 0.15) is 17.4 Å². The van der Waals surface area contributed by atoms with E-state index in [0.29, 0.717) is 19.6 Å². The van der Waals surface area contributed by atoms with Crippen molar-refractivity contribution in [3.63, 3.8) is 0 Å².